The number of ether oxygens (including phenoxy) is 1. The van der Waals surface area contributed by atoms with Crippen molar-refractivity contribution in [3.8, 4) is 5.75 Å². The summed E-state index contributed by atoms with van der Waals surface area (Å²) in [4.78, 5) is 20.9. The number of carboxylic acids is 1. The van der Waals surface area contributed by atoms with Crippen molar-refractivity contribution in [2.24, 2.45) is 0 Å². The molecule has 0 spiro atoms. The van der Waals surface area contributed by atoms with Crippen LogP contribution < -0.4 is 4.74 Å². The van der Waals surface area contributed by atoms with E-state index in [2.05, 4.69) is 4.74 Å². The minimum absolute atomic E-state index is 0.513. The van der Waals surface area contributed by atoms with E-state index in [0.717, 1.165) is 0 Å². The van der Waals surface area contributed by atoms with Crippen molar-refractivity contribution in [2.75, 3.05) is 0 Å². The van der Waals surface area contributed by atoms with Gasteiger partial charge in [-0.05, 0) is 12.1 Å². The monoisotopic (exact) mass is 234 g/mol. The second-order valence-corrected chi connectivity index (χ2v) is 2.72. The van der Waals surface area contributed by atoms with Crippen LogP contribution in [0.2, 0.25) is 0 Å². The Kier molecular flexibility index (Phi) is 3.49. The van der Waals surface area contributed by atoms with Crippen LogP contribution >= 0.6 is 0 Å². The highest BCUT2D eigenvalue weighted by molar-refractivity contribution is 5.91. The Morgan fingerprint density at radius 2 is 1.75 bits per heavy atom. The summed E-state index contributed by atoms with van der Waals surface area (Å²) in [5, 5.41) is 8.19. The lowest BCUT2D eigenvalue weighted by atomic mass is 10.3. The molecule has 0 amide bonds. The third kappa shape index (κ3) is 2.72. The minimum atomic E-state index is -1.68. The summed E-state index contributed by atoms with van der Waals surface area (Å²) in [6.07, 6.45) is -1.07. The summed E-state index contributed by atoms with van der Waals surface area (Å²) in [7, 11) is 0. The van der Waals surface area contributed by atoms with E-state index in [1.54, 1.807) is 0 Å². The summed E-state index contributed by atoms with van der Waals surface area (Å²) in [5.41, 5.74) is 0. The van der Waals surface area contributed by atoms with Crippen LogP contribution in [0.25, 0.3) is 0 Å². The number of carbonyl (C=O) groups is 2. The van der Waals surface area contributed by atoms with Crippen molar-refractivity contribution in [3.05, 3.63) is 29.6 Å². The molecule has 0 bridgehead atoms. The number of carbonyl (C=O) groups excluding carboxylic acids is 1. The maximum atomic E-state index is 12.9. The number of rotatable bonds is 3. The topological polar surface area (TPSA) is 63.6 Å². The van der Waals surface area contributed by atoms with E-state index in [1.165, 1.54) is 0 Å². The molecule has 1 aromatic rings. The van der Waals surface area contributed by atoms with E-state index >= 15 is 0 Å². The molecule has 1 rings (SSSR count). The lowest BCUT2D eigenvalue weighted by Crippen LogP contribution is -2.15. The van der Waals surface area contributed by atoms with E-state index in [1.807, 2.05) is 0 Å². The molecule has 0 aliphatic carbocycles. The van der Waals surface area contributed by atoms with Gasteiger partial charge in [0.1, 0.15) is 6.42 Å². The molecule has 86 valence electrons. The number of aliphatic carboxylic acids is 1. The molecule has 0 saturated carbocycles. The second-order valence-electron chi connectivity index (χ2n) is 2.72. The first kappa shape index (κ1) is 12.0. The van der Waals surface area contributed by atoms with Gasteiger partial charge in [0.05, 0.1) is 0 Å². The van der Waals surface area contributed by atoms with E-state index in [4.69, 9.17) is 5.11 Å². The molecule has 0 saturated heterocycles. The van der Waals surface area contributed by atoms with Gasteiger partial charge in [0.2, 0.25) is 11.6 Å². The Morgan fingerprint density at radius 1 is 1.19 bits per heavy atom. The summed E-state index contributed by atoms with van der Waals surface area (Å²) in [6, 6.07) is 1.07. The van der Waals surface area contributed by atoms with Crippen molar-refractivity contribution in [1.29, 1.82) is 0 Å². The molecular formula is C9H5F3O4. The summed E-state index contributed by atoms with van der Waals surface area (Å²) in [5.74, 6) is -8.54. The standard InChI is InChI=1S/C9H5F3O4/c10-4-1-2-5(11)9(8(4)12)16-7(15)3-6(13)14/h1-2H,3H2,(H,13,14). The number of hydrogen-bond donors (Lipinski definition) is 1. The Balaban J connectivity index is 2.93. The SMILES string of the molecule is O=C(O)CC(=O)Oc1c(F)ccc(F)c1F. The van der Waals surface area contributed by atoms with Crippen LogP contribution in [0.15, 0.2) is 12.1 Å². The Morgan fingerprint density at radius 3 is 2.31 bits per heavy atom. The number of halogens is 3. The molecule has 0 fully saturated rings. The maximum Gasteiger partial charge on any atom is 0.322 e. The fraction of sp³-hybridized carbons (Fsp3) is 0.111. The van der Waals surface area contributed by atoms with Gasteiger partial charge in [0.15, 0.2) is 11.6 Å². The Bertz CT molecular complexity index is 445. The average Bonchev–Trinajstić information content (AvgIpc) is 2.17. The zero-order valence-electron chi connectivity index (χ0n) is 7.67. The molecule has 4 nitrogen and oxygen atoms in total. The first-order valence-electron chi connectivity index (χ1n) is 3.97. The van der Waals surface area contributed by atoms with E-state index < -0.39 is 41.6 Å². The van der Waals surface area contributed by atoms with Gasteiger partial charge >= 0.3 is 11.9 Å². The summed E-state index contributed by atoms with van der Waals surface area (Å²) in [6.45, 7) is 0. The van der Waals surface area contributed by atoms with Gasteiger partial charge < -0.3 is 9.84 Å². The fourth-order valence-corrected chi connectivity index (χ4v) is 0.875. The number of esters is 1. The predicted molar refractivity (Wildman–Crippen MR) is 44.2 cm³/mol. The van der Waals surface area contributed by atoms with Crippen molar-refractivity contribution >= 4 is 11.9 Å². The average molecular weight is 234 g/mol. The quantitative estimate of drug-likeness (QED) is 0.372. The van der Waals surface area contributed by atoms with Gasteiger partial charge in [-0.2, -0.15) is 4.39 Å². The van der Waals surface area contributed by atoms with Gasteiger partial charge in [-0.1, -0.05) is 0 Å². The molecule has 1 N–H and O–H groups in total. The van der Waals surface area contributed by atoms with Crippen molar-refractivity contribution in [2.45, 2.75) is 6.42 Å². The number of hydrogen-bond acceptors (Lipinski definition) is 3. The smallest absolute Gasteiger partial charge is 0.322 e. The van der Waals surface area contributed by atoms with Crippen LogP contribution in [0.5, 0.6) is 5.75 Å². The van der Waals surface area contributed by atoms with Gasteiger partial charge in [-0.15, -0.1) is 0 Å². The third-order valence-electron chi connectivity index (χ3n) is 1.51. The normalized spacial score (nSPS) is 9.94. The molecule has 0 unspecified atom stereocenters. The maximum absolute atomic E-state index is 12.9. The zero-order valence-corrected chi connectivity index (χ0v) is 7.67. The van der Waals surface area contributed by atoms with E-state index in [9.17, 15) is 22.8 Å². The van der Waals surface area contributed by atoms with Crippen LogP contribution in [-0.4, -0.2) is 17.0 Å². The minimum Gasteiger partial charge on any atom is -0.481 e. The number of carboxylic acid groups (broad SMARTS) is 1. The van der Waals surface area contributed by atoms with Gasteiger partial charge in [0, 0.05) is 0 Å². The highest BCUT2D eigenvalue weighted by atomic mass is 19.2. The van der Waals surface area contributed by atoms with Gasteiger partial charge in [-0.25, -0.2) is 8.78 Å². The van der Waals surface area contributed by atoms with Gasteiger partial charge in [0.25, 0.3) is 0 Å². The van der Waals surface area contributed by atoms with E-state index in [0.29, 0.717) is 12.1 Å². The highest BCUT2D eigenvalue weighted by Gasteiger charge is 2.19. The molecule has 0 radical (unpaired) electrons. The molecule has 0 atom stereocenters. The van der Waals surface area contributed by atoms with Crippen molar-refractivity contribution < 1.29 is 32.6 Å². The number of benzene rings is 1. The first-order valence-corrected chi connectivity index (χ1v) is 3.97. The Hall–Kier alpha value is -2.05. The van der Waals surface area contributed by atoms with Gasteiger partial charge in [-0.3, -0.25) is 9.59 Å². The molecule has 0 aliphatic rings. The highest BCUT2D eigenvalue weighted by Crippen LogP contribution is 2.23. The second kappa shape index (κ2) is 4.65. The lowest BCUT2D eigenvalue weighted by molar-refractivity contribution is -0.145. The largest absolute Gasteiger partial charge is 0.481 e. The summed E-state index contributed by atoms with van der Waals surface area (Å²) < 4.78 is 42.5. The molecule has 1 aromatic carbocycles. The fourth-order valence-electron chi connectivity index (χ4n) is 0.875. The van der Waals surface area contributed by atoms with Crippen LogP contribution in [0.4, 0.5) is 13.2 Å². The molecule has 0 heterocycles. The van der Waals surface area contributed by atoms with Crippen LogP contribution in [0.3, 0.4) is 0 Å². The molecule has 16 heavy (non-hydrogen) atoms. The Labute approximate surface area is 87.3 Å². The summed E-state index contributed by atoms with van der Waals surface area (Å²) >= 11 is 0. The van der Waals surface area contributed by atoms with Crippen LogP contribution in [0, 0.1) is 17.5 Å². The lowest BCUT2D eigenvalue weighted by Gasteiger charge is -2.05. The zero-order chi connectivity index (χ0) is 12.3. The predicted octanol–water partition coefficient (Wildman–Crippen LogP) is 1.48. The van der Waals surface area contributed by atoms with E-state index in [-0.39, 0.29) is 0 Å². The van der Waals surface area contributed by atoms with Crippen molar-refractivity contribution in [1.82, 2.24) is 0 Å². The molecule has 7 heteroatoms. The third-order valence-corrected chi connectivity index (χ3v) is 1.51. The molecule has 0 aliphatic heterocycles. The van der Waals surface area contributed by atoms with Crippen LogP contribution in [0.1, 0.15) is 6.42 Å². The first-order chi connectivity index (χ1) is 7.41. The van der Waals surface area contributed by atoms with Crippen LogP contribution in [-0.2, 0) is 9.59 Å². The molecule has 0 aromatic heterocycles. The molecular weight excluding hydrogens is 229 g/mol. The van der Waals surface area contributed by atoms with Crippen molar-refractivity contribution in [3.63, 3.8) is 0 Å².